The number of ether oxygens (including phenoxy) is 3. The van der Waals surface area contributed by atoms with Gasteiger partial charge in [-0.2, -0.15) is 0 Å². The fourth-order valence-electron chi connectivity index (χ4n) is 1.95. The summed E-state index contributed by atoms with van der Waals surface area (Å²) < 4.78 is 16.2. The van der Waals surface area contributed by atoms with Crippen LogP contribution in [-0.2, 0) is 11.3 Å². The van der Waals surface area contributed by atoms with Crippen LogP contribution in [0.4, 0.5) is 0 Å². The van der Waals surface area contributed by atoms with Gasteiger partial charge in [-0.3, -0.25) is 0 Å². The molecule has 0 spiro atoms. The summed E-state index contributed by atoms with van der Waals surface area (Å²) in [5.74, 6) is 1.47. The molecule has 2 aromatic rings. The molecule has 0 amide bonds. The third kappa shape index (κ3) is 2.70. The Morgan fingerprint density at radius 3 is 2.68 bits per heavy atom. The second kappa shape index (κ2) is 5.30. The predicted octanol–water partition coefficient (Wildman–Crippen LogP) is 2.59. The van der Waals surface area contributed by atoms with Gasteiger partial charge in [0.25, 0.3) is 0 Å². The van der Waals surface area contributed by atoms with Crippen LogP contribution in [0.5, 0.6) is 11.5 Å². The molecule has 1 aliphatic heterocycles. The number of nitrogens with two attached hydrogens (primary N) is 1. The lowest BCUT2D eigenvalue weighted by molar-refractivity contribution is 0.0440. The molecule has 1 heterocycles. The molecule has 1 aliphatic rings. The van der Waals surface area contributed by atoms with Crippen molar-refractivity contribution in [3.05, 3.63) is 59.7 Å². The van der Waals surface area contributed by atoms with Crippen molar-refractivity contribution in [1.82, 2.24) is 0 Å². The summed E-state index contributed by atoms with van der Waals surface area (Å²) in [5, 5.41) is 0. The van der Waals surface area contributed by atoms with Crippen molar-refractivity contribution in [2.24, 2.45) is 5.73 Å². The van der Waals surface area contributed by atoms with Crippen molar-refractivity contribution in [3.8, 4) is 11.5 Å². The quantitative estimate of drug-likeness (QED) is 0.855. The summed E-state index contributed by atoms with van der Waals surface area (Å²) in [6, 6.07) is 15.5. The van der Waals surface area contributed by atoms with E-state index in [2.05, 4.69) is 0 Å². The van der Waals surface area contributed by atoms with E-state index in [-0.39, 0.29) is 6.79 Å². The Bertz CT molecular complexity index is 557. The first-order valence-electron chi connectivity index (χ1n) is 6.13. The van der Waals surface area contributed by atoms with E-state index in [1.165, 1.54) is 0 Å². The van der Waals surface area contributed by atoms with Crippen LogP contribution in [0.25, 0.3) is 0 Å². The van der Waals surface area contributed by atoms with Gasteiger partial charge in [-0.15, -0.1) is 0 Å². The maximum absolute atomic E-state index is 6.02. The molecule has 4 heteroatoms. The fraction of sp³-hybridized carbons (Fsp3) is 0.200. The molecule has 4 nitrogen and oxygen atoms in total. The molecule has 0 aliphatic carbocycles. The molecule has 98 valence electrons. The number of hydrogen-bond donors (Lipinski definition) is 1. The van der Waals surface area contributed by atoms with Crippen molar-refractivity contribution >= 4 is 0 Å². The number of fused-ring (bicyclic) bond motifs is 1. The lowest BCUT2D eigenvalue weighted by Gasteiger charge is -2.14. The number of rotatable bonds is 4. The molecule has 0 aromatic heterocycles. The first-order chi connectivity index (χ1) is 9.33. The minimum absolute atomic E-state index is 0.263. The zero-order valence-electron chi connectivity index (χ0n) is 10.4. The average molecular weight is 257 g/mol. The standard InChI is InChI=1S/C15H15NO3/c16-15(17-9-11-4-2-1-3-5-11)12-6-7-13-14(8-12)19-10-18-13/h1-8,15H,9-10,16H2. The predicted molar refractivity (Wildman–Crippen MR) is 70.7 cm³/mol. The summed E-state index contributed by atoms with van der Waals surface area (Å²) in [4.78, 5) is 0. The molecule has 2 N–H and O–H groups in total. The smallest absolute Gasteiger partial charge is 0.231 e. The van der Waals surface area contributed by atoms with Gasteiger partial charge in [-0.1, -0.05) is 36.4 Å². The summed E-state index contributed by atoms with van der Waals surface area (Å²) >= 11 is 0. The van der Waals surface area contributed by atoms with E-state index in [0.29, 0.717) is 6.61 Å². The molecule has 0 radical (unpaired) electrons. The SMILES string of the molecule is NC(OCc1ccccc1)c1ccc2c(c1)OCO2. The van der Waals surface area contributed by atoms with Crippen molar-refractivity contribution in [1.29, 1.82) is 0 Å². The van der Waals surface area contributed by atoms with Gasteiger partial charge in [-0.05, 0) is 23.3 Å². The van der Waals surface area contributed by atoms with E-state index in [1.807, 2.05) is 48.5 Å². The van der Waals surface area contributed by atoms with Crippen LogP contribution >= 0.6 is 0 Å². The third-order valence-corrected chi connectivity index (χ3v) is 3.00. The lowest BCUT2D eigenvalue weighted by atomic mass is 10.2. The van der Waals surface area contributed by atoms with E-state index in [4.69, 9.17) is 19.9 Å². The van der Waals surface area contributed by atoms with Gasteiger partial charge >= 0.3 is 0 Å². The van der Waals surface area contributed by atoms with Gasteiger partial charge in [0.2, 0.25) is 6.79 Å². The Hall–Kier alpha value is -2.04. The number of hydrogen-bond acceptors (Lipinski definition) is 4. The van der Waals surface area contributed by atoms with Gasteiger partial charge in [0.1, 0.15) is 6.23 Å². The summed E-state index contributed by atoms with van der Waals surface area (Å²) in [6.45, 7) is 0.745. The van der Waals surface area contributed by atoms with Gasteiger partial charge in [0.15, 0.2) is 11.5 Å². The molecular weight excluding hydrogens is 242 g/mol. The first-order valence-corrected chi connectivity index (χ1v) is 6.13. The second-order valence-corrected chi connectivity index (χ2v) is 4.33. The van der Waals surface area contributed by atoms with Gasteiger partial charge < -0.3 is 19.9 Å². The Morgan fingerprint density at radius 1 is 1.05 bits per heavy atom. The molecule has 0 saturated heterocycles. The molecular formula is C15H15NO3. The molecule has 3 rings (SSSR count). The largest absolute Gasteiger partial charge is 0.454 e. The minimum atomic E-state index is -0.477. The topological polar surface area (TPSA) is 53.7 Å². The average Bonchev–Trinajstić information content (AvgIpc) is 2.93. The zero-order chi connectivity index (χ0) is 13.1. The fourth-order valence-corrected chi connectivity index (χ4v) is 1.95. The van der Waals surface area contributed by atoms with Crippen molar-refractivity contribution in [2.75, 3.05) is 6.79 Å². The minimum Gasteiger partial charge on any atom is -0.454 e. The summed E-state index contributed by atoms with van der Waals surface area (Å²) in [7, 11) is 0. The number of benzene rings is 2. The molecule has 1 atom stereocenters. The highest BCUT2D eigenvalue weighted by Gasteiger charge is 2.16. The highest BCUT2D eigenvalue weighted by Crippen LogP contribution is 2.34. The van der Waals surface area contributed by atoms with Crippen LogP contribution < -0.4 is 15.2 Å². The van der Waals surface area contributed by atoms with Crippen LogP contribution in [0.2, 0.25) is 0 Å². The highest BCUT2D eigenvalue weighted by molar-refractivity contribution is 5.44. The second-order valence-electron chi connectivity index (χ2n) is 4.33. The van der Waals surface area contributed by atoms with E-state index in [0.717, 1.165) is 22.6 Å². The Labute approximate surface area is 111 Å². The Balaban J connectivity index is 1.65. The summed E-state index contributed by atoms with van der Waals surface area (Å²) in [5.41, 5.74) is 7.99. The third-order valence-electron chi connectivity index (χ3n) is 3.00. The molecule has 1 unspecified atom stereocenters. The molecule has 0 fully saturated rings. The van der Waals surface area contributed by atoms with Crippen LogP contribution in [0, 0.1) is 0 Å². The highest BCUT2D eigenvalue weighted by atomic mass is 16.7. The van der Waals surface area contributed by atoms with Gasteiger partial charge in [0.05, 0.1) is 6.61 Å². The molecule has 19 heavy (non-hydrogen) atoms. The Morgan fingerprint density at radius 2 is 1.84 bits per heavy atom. The van der Waals surface area contributed by atoms with Gasteiger partial charge in [-0.25, -0.2) is 0 Å². The first kappa shape index (κ1) is 12.0. The molecule has 0 bridgehead atoms. The van der Waals surface area contributed by atoms with Crippen LogP contribution in [0.1, 0.15) is 17.4 Å². The lowest BCUT2D eigenvalue weighted by Crippen LogP contribution is -2.14. The maximum Gasteiger partial charge on any atom is 0.231 e. The van der Waals surface area contributed by atoms with Crippen molar-refractivity contribution < 1.29 is 14.2 Å². The van der Waals surface area contributed by atoms with E-state index in [9.17, 15) is 0 Å². The van der Waals surface area contributed by atoms with Crippen molar-refractivity contribution in [2.45, 2.75) is 12.8 Å². The monoisotopic (exact) mass is 257 g/mol. The van der Waals surface area contributed by atoms with Crippen LogP contribution in [0.15, 0.2) is 48.5 Å². The van der Waals surface area contributed by atoms with E-state index in [1.54, 1.807) is 0 Å². The summed E-state index contributed by atoms with van der Waals surface area (Å²) in [6.07, 6.45) is -0.477. The van der Waals surface area contributed by atoms with Gasteiger partial charge in [0, 0.05) is 0 Å². The van der Waals surface area contributed by atoms with Crippen LogP contribution in [-0.4, -0.2) is 6.79 Å². The maximum atomic E-state index is 6.02. The molecule has 0 saturated carbocycles. The normalized spacial score (nSPS) is 14.4. The van der Waals surface area contributed by atoms with Crippen molar-refractivity contribution in [3.63, 3.8) is 0 Å². The molecule has 2 aromatic carbocycles. The Kier molecular flexibility index (Phi) is 3.35. The van der Waals surface area contributed by atoms with E-state index >= 15 is 0 Å². The van der Waals surface area contributed by atoms with Crippen LogP contribution in [0.3, 0.4) is 0 Å². The van der Waals surface area contributed by atoms with E-state index < -0.39 is 6.23 Å². The zero-order valence-corrected chi connectivity index (χ0v) is 10.4.